The third-order valence-electron chi connectivity index (χ3n) is 6.97. The molecule has 1 saturated heterocycles. The number of carbonyl (C=O) groups excluding carboxylic acids is 1. The number of hydrogen-bond donors (Lipinski definition) is 0. The monoisotopic (exact) mass is 424 g/mol. The molecule has 0 radical (unpaired) electrons. The van der Waals surface area contributed by atoms with Gasteiger partial charge in [-0.2, -0.15) is 0 Å². The van der Waals surface area contributed by atoms with E-state index >= 15 is 0 Å². The fraction of sp³-hybridized carbons (Fsp3) is 0.577. The van der Waals surface area contributed by atoms with Gasteiger partial charge in [0.05, 0.1) is 6.42 Å². The quantitative estimate of drug-likeness (QED) is 0.582. The molecule has 2 aliphatic rings. The lowest BCUT2D eigenvalue weighted by Gasteiger charge is -2.35. The second-order valence-electron chi connectivity index (χ2n) is 9.32. The number of carbonyl (C=O) groups is 1. The van der Waals surface area contributed by atoms with Gasteiger partial charge in [-0.05, 0) is 105 Å². The van der Waals surface area contributed by atoms with Crippen LogP contribution >= 0.6 is 11.3 Å². The Kier molecular flexibility index (Phi) is 7.27. The van der Waals surface area contributed by atoms with Crippen LogP contribution in [0.4, 0.5) is 0 Å². The highest BCUT2D eigenvalue weighted by Gasteiger charge is 2.26. The van der Waals surface area contributed by atoms with Crippen LogP contribution in [0, 0.1) is 19.8 Å². The maximum absolute atomic E-state index is 13.0. The molecule has 30 heavy (non-hydrogen) atoms. The molecule has 4 heteroatoms. The summed E-state index contributed by atoms with van der Waals surface area (Å²) in [5, 5.41) is 2.18. The third-order valence-corrected chi connectivity index (χ3v) is 7.91. The van der Waals surface area contributed by atoms with E-state index in [2.05, 4.69) is 53.3 Å². The van der Waals surface area contributed by atoms with Crippen molar-refractivity contribution in [2.75, 3.05) is 32.7 Å². The van der Waals surface area contributed by atoms with Crippen LogP contribution < -0.4 is 0 Å². The Hall–Kier alpha value is -1.65. The number of hydrogen-bond acceptors (Lipinski definition) is 3. The number of likely N-dealkylation sites (tertiary alicyclic amines) is 1. The molecule has 1 aromatic carbocycles. The van der Waals surface area contributed by atoms with Gasteiger partial charge >= 0.3 is 0 Å². The Morgan fingerprint density at radius 3 is 2.73 bits per heavy atom. The Morgan fingerprint density at radius 1 is 1.10 bits per heavy atom. The van der Waals surface area contributed by atoms with Gasteiger partial charge in [-0.3, -0.25) is 4.79 Å². The second-order valence-corrected chi connectivity index (χ2v) is 10.3. The molecule has 2 aromatic rings. The summed E-state index contributed by atoms with van der Waals surface area (Å²) >= 11 is 1.88. The van der Waals surface area contributed by atoms with Gasteiger partial charge in [-0.15, -0.1) is 11.3 Å². The summed E-state index contributed by atoms with van der Waals surface area (Å²) in [6.07, 6.45) is 7.90. The molecule has 0 spiro atoms. The van der Waals surface area contributed by atoms with E-state index < -0.39 is 0 Å². The number of nitrogens with zero attached hydrogens (tertiary/aromatic N) is 2. The first-order chi connectivity index (χ1) is 14.6. The van der Waals surface area contributed by atoms with E-state index in [4.69, 9.17) is 0 Å². The Balaban J connectivity index is 1.26. The Bertz CT molecular complexity index is 845. The smallest absolute Gasteiger partial charge is 0.227 e. The zero-order valence-electron chi connectivity index (χ0n) is 18.7. The molecule has 3 heterocycles. The molecule has 0 aliphatic carbocycles. The molecule has 0 N–H and O–H groups in total. The maximum Gasteiger partial charge on any atom is 0.227 e. The van der Waals surface area contributed by atoms with E-state index in [-0.39, 0.29) is 0 Å². The highest BCUT2D eigenvalue weighted by Crippen LogP contribution is 2.24. The minimum atomic E-state index is 0.324. The summed E-state index contributed by atoms with van der Waals surface area (Å²) < 4.78 is 0. The van der Waals surface area contributed by atoms with Crippen LogP contribution in [-0.2, 0) is 24.1 Å². The van der Waals surface area contributed by atoms with Crippen molar-refractivity contribution in [2.24, 2.45) is 5.92 Å². The van der Waals surface area contributed by atoms with Crippen molar-refractivity contribution >= 4 is 17.2 Å². The van der Waals surface area contributed by atoms with Crippen molar-refractivity contribution in [3.8, 4) is 0 Å². The van der Waals surface area contributed by atoms with Crippen LogP contribution in [-0.4, -0.2) is 48.4 Å². The van der Waals surface area contributed by atoms with Crippen LogP contribution in [0.15, 0.2) is 29.6 Å². The number of fused-ring (bicyclic) bond motifs is 1. The number of unbranched alkanes of at least 4 members (excludes halogenated alkanes) is 1. The van der Waals surface area contributed by atoms with E-state index in [1.165, 1.54) is 72.3 Å². The molecule has 1 unspecified atom stereocenters. The van der Waals surface area contributed by atoms with E-state index in [1.54, 1.807) is 0 Å². The molecule has 4 rings (SSSR count). The SMILES string of the molecule is Cc1cc2c(cc1C)CC(=O)N(CC1CCCN(CCCCc3cccs3)C1)CC2. The molecular weight excluding hydrogens is 388 g/mol. The minimum Gasteiger partial charge on any atom is -0.342 e. The summed E-state index contributed by atoms with van der Waals surface area (Å²) in [5.74, 6) is 0.953. The number of piperidine rings is 1. The van der Waals surface area contributed by atoms with Gasteiger partial charge in [0, 0.05) is 24.5 Å². The molecule has 3 nitrogen and oxygen atoms in total. The topological polar surface area (TPSA) is 23.6 Å². The first-order valence-electron chi connectivity index (χ1n) is 11.7. The van der Waals surface area contributed by atoms with Gasteiger partial charge in [0.15, 0.2) is 0 Å². The highest BCUT2D eigenvalue weighted by atomic mass is 32.1. The molecule has 0 bridgehead atoms. The van der Waals surface area contributed by atoms with Crippen molar-refractivity contribution in [1.82, 2.24) is 9.80 Å². The fourth-order valence-corrected chi connectivity index (χ4v) is 5.84. The molecular formula is C26H36N2OS. The zero-order chi connectivity index (χ0) is 20.9. The van der Waals surface area contributed by atoms with Crippen LogP contribution in [0.3, 0.4) is 0 Å². The van der Waals surface area contributed by atoms with Crippen LogP contribution in [0.25, 0.3) is 0 Å². The van der Waals surface area contributed by atoms with Gasteiger partial charge in [0.1, 0.15) is 0 Å². The molecule has 162 valence electrons. The maximum atomic E-state index is 13.0. The molecule has 1 amide bonds. The zero-order valence-corrected chi connectivity index (χ0v) is 19.5. The fourth-order valence-electron chi connectivity index (χ4n) is 5.09. The molecule has 2 aliphatic heterocycles. The molecule has 1 aromatic heterocycles. The summed E-state index contributed by atoms with van der Waals surface area (Å²) in [7, 11) is 0. The average Bonchev–Trinajstić information content (AvgIpc) is 3.20. The Labute approximate surface area is 186 Å². The van der Waals surface area contributed by atoms with Crippen LogP contribution in [0.1, 0.15) is 52.8 Å². The average molecular weight is 425 g/mol. The van der Waals surface area contributed by atoms with Crippen molar-refractivity contribution < 1.29 is 4.79 Å². The minimum absolute atomic E-state index is 0.324. The van der Waals surface area contributed by atoms with Crippen molar-refractivity contribution in [2.45, 2.75) is 58.8 Å². The molecule has 1 fully saturated rings. The lowest BCUT2D eigenvalue weighted by molar-refractivity contribution is -0.131. The summed E-state index contributed by atoms with van der Waals surface area (Å²) in [4.78, 5) is 19.3. The van der Waals surface area contributed by atoms with Crippen molar-refractivity contribution in [3.63, 3.8) is 0 Å². The second kappa shape index (κ2) is 10.1. The number of amides is 1. The van der Waals surface area contributed by atoms with Crippen molar-refractivity contribution in [1.29, 1.82) is 0 Å². The predicted octanol–water partition coefficient (Wildman–Crippen LogP) is 5.03. The first kappa shape index (κ1) is 21.6. The van der Waals surface area contributed by atoms with E-state index in [0.717, 1.165) is 26.1 Å². The number of rotatable bonds is 7. The summed E-state index contributed by atoms with van der Waals surface area (Å²) in [6, 6.07) is 8.95. The third kappa shape index (κ3) is 5.53. The largest absolute Gasteiger partial charge is 0.342 e. The van der Waals surface area contributed by atoms with Crippen molar-refractivity contribution in [3.05, 3.63) is 56.8 Å². The van der Waals surface area contributed by atoms with Gasteiger partial charge in [-0.25, -0.2) is 0 Å². The number of benzene rings is 1. The Morgan fingerprint density at radius 2 is 1.93 bits per heavy atom. The van der Waals surface area contributed by atoms with Gasteiger partial charge in [-0.1, -0.05) is 18.2 Å². The summed E-state index contributed by atoms with van der Waals surface area (Å²) in [6.45, 7) is 9.75. The number of thiophene rings is 1. The van der Waals surface area contributed by atoms with E-state index in [9.17, 15) is 4.79 Å². The summed E-state index contributed by atoms with van der Waals surface area (Å²) in [5.41, 5.74) is 5.28. The number of aryl methyl sites for hydroxylation is 3. The lowest BCUT2D eigenvalue weighted by Crippen LogP contribution is -2.43. The van der Waals surface area contributed by atoms with Gasteiger partial charge in [0.2, 0.25) is 5.91 Å². The molecule has 1 atom stereocenters. The van der Waals surface area contributed by atoms with Gasteiger partial charge < -0.3 is 9.80 Å². The van der Waals surface area contributed by atoms with Crippen LogP contribution in [0.2, 0.25) is 0 Å². The van der Waals surface area contributed by atoms with E-state index in [0.29, 0.717) is 18.2 Å². The normalized spacial score (nSPS) is 20.3. The van der Waals surface area contributed by atoms with E-state index in [1.807, 2.05) is 11.3 Å². The first-order valence-corrected chi connectivity index (χ1v) is 12.6. The van der Waals surface area contributed by atoms with Gasteiger partial charge in [0.25, 0.3) is 0 Å². The molecule has 0 saturated carbocycles. The highest BCUT2D eigenvalue weighted by molar-refractivity contribution is 7.09. The van der Waals surface area contributed by atoms with Crippen LogP contribution in [0.5, 0.6) is 0 Å². The standard InChI is InChI=1S/C26H36N2OS/c1-20-15-23-10-13-28(26(29)17-24(23)16-21(20)2)19-22-7-5-12-27(18-22)11-4-3-8-25-9-6-14-30-25/h6,9,14-16,22H,3-5,7-8,10-13,17-19H2,1-2H3. The predicted molar refractivity (Wildman–Crippen MR) is 126 cm³/mol. The lowest BCUT2D eigenvalue weighted by atomic mass is 9.96.